The molecule has 0 spiro atoms. The number of carbonyl (C=O) groups is 1. The van der Waals surface area contributed by atoms with E-state index in [0.717, 1.165) is 25.7 Å². The molecule has 1 saturated carbocycles. The first-order chi connectivity index (χ1) is 11.5. The molecule has 0 radical (unpaired) electrons. The lowest BCUT2D eigenvalue weighted by Gasteiger charge is -2.16. The largest absolute Gasteiger partial charge is 0.383 e. The standard InChI is InChI=1S/C17H26N2O4S/c1-23-13-12-18-17(20)14-8-10-16(11-9-14)24(21,22)19-15-6-4-2-3-5-7-15/h8-11,15,19H,2-7,12-13H2,1H3,(H,18,20). The molecule has 2 N–H and O–H groups in total. The monoisotopic (exact) mass is 354 g/mol. The van der Waals surface area contributed by atoms with E-state index < -0.39 is 10.0 Å². The summed E-state index contributed by atoms with van der Waals surface area (Å²) in [6.45, 7) is 0.849. The predicted octanol–water partition coefficient (Wildman–Crippen LogP) is 2.06. The average Bonchev–Trinajstić information content (AvgIpc) is 2.83. The highest BCUT2D eigenvalue weighted by Crippen LogP contribution is 2.19. The first kappa shape index (κ1) is 18.9. The molecule has 24 heavy (non-hydrogen) atoms. The molecule has 0 aliphatic heterocycles. The Morgan fingerprint density at radius 1 is 1.12 bits per heavy atom. The van der Waals surface area contributed by atoms with Crippen molar-refractivity contribution < 1.29 is 17.9 Å². The van der Waals surface area contributed by atoms with Crippen LogP contribution in [0.2, 0.25) is 0 Å². The van der Waals surface area contributed by atoms with Crippen LogP contribution in [0.1, 0.15) is 48.9 Å². The first-order valence-electron chi connectivity index (χ1n) is 8.42. The number of ether oxygens (including phenoxy) is 1. The third kappa shape index (κ3) is 5.58. The zero-order valence-corrected chi connectivity index (χ0v) is 14.9. The van der Waals surface area contributed by atoms with E-state index in [9.17, 15) is 13.2 Å². The number of benzene rings is 1. The van der Waals surface area contributed by atoms with Crippen LogP contribution in [0.3, 0.4) is 0 Å². The molecule has 0 bridgehead atoms. The van der Waals surface area contributed by atoms with Gasteiger partial charge in [0.2, 0.25) is 10.0 Å². The van der Waals surface area contributed by atoms with Gasteiger partial charge in [-0.15, -0.1) is 0 Å². The maximum atomic E-state index is 12.5. The molecule has 0 saturated heterocycles. The Kier molecular flexibility index (Phi) is 7.20. The highest BCUT2D eigenvalue weighted by atomic mass is 32.2. The topological polar surface area (TPSA) is 84.5 Å². The summed E-state index contributed by atoms with van der Waals surface area (Å²) in [5.74, 6) is -0.243. The van der Waals surface area contributed by atoms with Gasteiger partial charge in [-0.3, -0.25) is 4.79 Å². The summed E-state index contributed by atoms with van der Waals surface area (Å²) in [5, 5.41) is 2.70. The van der Waals surface area contributed by atoms with Crippen molar-refractivity contribution in [3.8, 4) is 0 Å². The Morgan fingerprint density at radius 3 is 2.33 bits per heavy atom. The molecule has 1 aromatic carbocycles. The highest BCUT2D eigenvalue weighted by molar-refractivity contribution is 7.89. The Bertz CT molecular complexity index is 620. The third-order valence-electron chi connectivity index (χ3n) is 4.20. The second-order valence-electron chi connectivity index (χ2n) is 6.08. The molecule has 1 amide bonds. The second-order valence-corrected chi connectivity index (χ2v) is 7.80. The van der Waals surface area contributed by atoms with Gasteiger partial charge < -0.3 is 10.1 Å². The van der Waals surface area contributed by atoms with Gasteiger partial charge in [0.1, 0.15) is 0 Å². The van der Waals surface area contributed by atoms with Crippen molar-refractivity contribution in [3.05, 3.63) is 29.8 Å². The minimum Gasteiger partial charge on any atom is -0.383 e. The Labute approximate surface area is 144 Å². The molecule has 7 heteroatoms. The number of carbonyl (C=O) groups excluding carboxylic acids is 1. The van der Waals surface area contributed by atoms with Crippen LogP contribution in [0.25, 0.3) is 0 Å². The number of sulfonamides is 1. The smallest absolute Gasteiger partial charge is 0.251 e. The molecule has 134 valence electrons. The third-order valence-corrected chi connectivity index (χ3v) is 5.73. The number of hydrogen-bond acceptors (Lipinski definition) is 4. The molecule has 0 unspecified atom stereocenters. The number of nitrogens with one attached hydrogen (secondary N) is 2. The van der Waals surface area contributed by atoms with E-state index in [1.807, 2.05) is 0 Å². The molecule has 6 nitrogen and oxygen atoms in total. The molecule has 0 atom stereocenters. The summed E-state index contributed by atoms with van der Waals surface area (Å²) >= 11 is 0. The van der Waals surface area contributed by atoms with Crippen LogP contribution >= 0.6 is 0 Å². The number of rotatable bonds is 7. The van der Waals surface area contributed by atoms with Crippen LogP contribution in [0.4, 0.5) is 0 Å². The van der Waals surface area contributed by atoms with Gasteiger partial charge >= 0.3 is 0 Å². The van der Waals surface area contributed by atoms with Crippen LogP contribution in [-0.4, -0.2) is 40.6 Å². The van der Waals surface area contributed by atoms with E-state index in [0.29, 0.717) is 18.7 Å². The summed E-state index contributed by atoms with van der Waals surface area (Å²) < 4.78 is 32.6. The predicted molar refractivity (Wildman–Crippen MR) is 92.5 cm³/mol. The lowest BCUT2D eigenvalue weighted by molar-refractivity contribution is 0.0937. The molecule has 1 fully saturated rings. The van der Waals surface area contributed by atoms with Gasteiger partial charge in [0.15, 0.2) is 0 Å². The van der Waals surface area contributed by atoms with Gasteiger partial charge in [0.25, 0.3) is 5.91 Å². The highest BCUT2D eigenvalue weighted by Gasteiger charge is 2.21. The zero-order chi connectivity index (χ0) is 17.4. The Balaban J connectivity index is 1.98. The van der Waals surface area contributed by atoms with E-state index in [-0.39, 0.29) is 16.8 Å². The van der Waals surface area contributed by atoms with Crippen LogP contribution in [0, 0.1) is 0 Å². The molecular formula is C17H26N2O4S. The molecule has 1 aliphatic rings. The van der Waals surface area contributed by atoms with Crippen molar-refractivity contribution in [2.45, 2.75) is 49.5 Å². The SMILES string of the molecule is COCCNC(=O)c1ccc(S(=O)(=O)NC2CCCCCC2)cc1. The lowest BCUT2D eigenvalue weighted by Crippen LogP contribution is -2.34. The van der Waals surface area contributed by atoms with Crippen LogP contribution in [0.5, 0.6) is 0 Å². The number of hydrogen-bond donors (Lipinski definition) is 2. The molecule has 1 aliphatic carbocycles. The van der Waals surface area contributed by atoms with E-state index in [1.165, 1.54) is 37.1 Å². The zero-order valence-electron chi connectivity index (χ0n) is 14.1. The van der Waals surface area contributed by atoms with E-state index in [1.54, 1.807) is 7.11 Å². The van der Waals surface area contributed by atoms with E-state index in [4.69, 9.17) is 4.74 Å². The lowest BCUT2D eigenvalue weighted by atomic mass is 10.1. The van der Waals surface area contributed by atoms with Crippen molar-refractivity contribution in [1.82, 2.24) is 10.0 Å². The van der Waals surface area contributed by atoms with Crippen molar-refractivity contribution in [2.24, 2.45) is 0 Å². The number of amides is 1. The molecule has 0 heterocycles. The summed E-state index contributed by atoms with van der Waals surface area (Å²) in [6, 6.07) is 6.02. The van der Waals surface area contributed by atoms with Crippen molar-refractivity contribution in [1.29, 1.82) is 0 Å². The number of methoxy groups -OCH3 is 1. The van der Waals surface area contributed by atoms with Crippen molar-refractivity contribution >= 4 is 15.9 Å². The molecule has 1 aromatic rings. The van der Waals surface area contributed by atoms with Crippen molar-refractivity contribution in [3.63, 3.8) is 0 Å². The average molecular weight is 354 g/mol. The van der Waals surface area contributed by atoms with E-state index in [2.05, 4.69) is 10.0 Å². The summed E-state index contributed by atoms with van der Waals surface area (Å²) in [5.41, 5.74) is 0.430. The quantitative estimate of drug-likeness (QED) is 0.580. The maximum Gasteiger partial charge on any atom is 0.251 e. The first-order valence-corrected chi connectivity index (χ1v) is 9.91. The van der Waals surface area contributed by atoms with Gasteiger partial charge in [-0.2, -0.15) is 0 Å². The van der Waals surface area contributed by atoms with Gasteiger partial charge in [0.05, 0.1) is 11.5 Å². The summed E-state index contributed by atoms with van der Waals surface area (Å²) in [4.78, 5) is 12.1. The molecular weight excluding hydrogens is 328 g/mol. The van der Waals surface area contributed by atoms with Gasteiger partial charge in [-0.05, 0) is 37.1 Å². The van der Waals surface area contributed by atoms with Gasteiger partial charge in [-0.1, -0.05) is 25.7 Å². The van der Waals surface area contributed by atoms with Crippen LogP contribution in [-0.2, 0) is 14.8 Å². The Hall–Kier alpha value is -1.44. The fourth-order valence-corrected chi connectivity index (χ4v) is 4.14. The van der Waals surface area contributed by atoms with E-state index >= 15 is 0 Å². The minimum absolute atomic E-state index is 0.00881. The fourth-order valence-electron chi connectivity index (χ4n) is 2.84. The van der Waals surface area contributed by atoms with Crippen LogP contribution in [0.15, 0.2) is 29.2 Å². The Morgan fingerprint density at radius 2 is 1.75 bits per heavy atom. The minimum atomic E-state index is -3.54. The molecule has 2 rings (SSSR count). The molecule has 0 aromatic heterocycles. The van der Waals surface area contributed by atoms with Crippen molar-refractivity contribution in [2.75, 3.05) is 20.3 Å². The summed E-state index contributed by atoms with van der Waals surface area (Å²) in [7, 11) is -1.98. The fraction of sp³-hybridized carbons (Fsp3) is 0.588. The van der Waals surface area contributed by atoms with Gasteiger partial charge in [0, 0.05) is 25.3 Å². The summed E-state index contributed by atoms with van der Waals surface area (Å²) in [6.07, 6.45) is 6.25. The second kappa shape index (κ2) is 9.15. The van der Waals surface area contributed by atoms with Gasteiger partial charge in [-0.25, -0.2) is 13.1 Å². The van der Waals surface area contributed by atoms with Crippen LogP contribution < -0.4 is 10.0 Å². The normalized spacial score (nSPS) is 16.5. The maximum absolute atomic E-state index is 12.5.